The summed E-state index contributed by atoms with van der Waals surface area (Å²) < 4.78 is 18.0. The molecule has 0 bridgehead atoms. The topological polar surface area (TPSA) is 68.0 Å². The summed E-state index contributed by atoms with van der Waals surface area (Å²) in [6, 6.07) is 6.13. The zero-order valence-electron chi connectivity index (χ0n) is 13.5. The van der Waals surface area contributed by atoms with Crippen molar-refractivity contribution in [1.82, 2.24) is 15.5 Å². The van der Waals surface area contributed by atoms with Gasteiger partial charge in [0.2, 0.25) is 11.8 Å². The minimum absolute atomic E-state index is 0.0753. The molecule has 2 aromatic rings. The van der Waals surface area contributed by atoms with E-state index in [2.05, 4.69) is 15.5 Å². The van der Waals surface area contributed by atoms with E-state index in [1.807, 2.05) is 0 Å². The molecule has 1 N–H and O–H groups in total. The SMILES string of the molecule is Cc1nc(C2(NC(=O)CSc3ccc(F)cc3)CCCCC2)no1. The highest BCUT2D eigenvalue weighted by atomic mass is 32.2. The predicted octanol–water partition coefficient (Wildman–Crippen LogP) is 3.59. The van der Waals surface area contributed by atoms with Crippen molar-refractivity contribution in [1.29, 1.82) is 0 Å². The third-order valence-electron chi connectivity index (χ3n) is 4.22. The molecule has 7 heteroatoms. The molecule has 5 nitrogen and oxygen atoms in total. The molecule has 24 heavy (non-hydrogen) atoms. The standard InChI is InChI=1S/C17H20FN3O2S/c1-12-19-16(21-23-12)17(9-3-2-4-10-17)20-15(22)11-24-14-7-5-13(18)6-8-14/h5-8H,2-4,9-11H2,1H3,(H,20,22). The summed E-state index contributed by atoms with van der Waals surface area (Å²) in [6.07, 6.45) is 4.84. The molecule has 0 unspecified atom stereocenters. The number of carbonyl (C=O) groups is 1. The van der Waals surface area contributed by atoms with E-state index in [0.29, 0.717) is 11.7 Å². The summed E-state index contributed by atoms with van der Waals surface area (Å²) in [5, 5.41) is 7.17. The van der Waals surface area contributed by atoms with Crippen LogP contribution in [0, 0.1) is 12.7 Å². The van der Waals surface area contributed by atoms with Crippen molar-refractivity contribution in [2.24, 2.45) is 0 Å². The van der Waals surface area contributed by atoms with Crippen LogP contribution in [0.15, 0.2) is 33.7 Å². The van der Waals surface area contributed by atoms with Crippen molar-refractivity contribution in [3.05, 3.63) is 41.8 Å². The smallest absolute Gasteiger partial charge is 0.231 e. The van der Waals surface area contributed by atoms with Gasteiger partial charge in [-0.05, 0) is 37.1 Å². The molecule has 0 aliphatic heterocycles. The van der Waals surface area contributed by atoms with Crippen LogP contribution >= 0.6 is 11.8 Å². The number of rotatable bonds is 5. The summed E-state index contributed by atoms with van der Waals surface area (Å²) >= 11 is 1.38. The zero-order chi connectivity index (χ0) is 17.0. The maximum atomic E-state index is 12.9. The molecule has 0 spiro atoms. The summed E-state index contributed by atoms with van der Waals surface area (Å²) in [5.74, 6) is 0.986. The Labute approximate surface area is 144 Å². The number of nitrogens with zero attached hydrogens (tertiary/aromatic N) is 2. The third-order valence-corrected chi connectivity index (χ3v) is 5.24. The molecule has 1 fully saturated rings. The van der Waals surface area contributed by atoms with Crippen molar-refractivity contribution >= 4 is 17.7 Å². The molecule has 3 rings (SSSR count). The predicted molar refractivity (Wildman–Crippen MR) is 89.1 cm³/mol. The van der Waals surface area contributed by atoms with E-state index < -0.39 is 5.54 Å². The van der Waals surface area contributed by atoms with Crippen molar-refractivity contribution in [2.75, 3.05) is 5.75 Å². The Hall–Kier alpha value is -1.89. The molecule has 1 heterocycles. The quantitative estimate of drug-likeness (QED) is 0.836. The number of thioether (sulfide) groups is 1. The lowest BCUT2D eigenvalue weighted by atomic mass is 9.81. The third kappa shape index (κ3) is 3.95. The van der Waals surface area contributed by atoms with Crippen molar-refractivity contribution in [3.63, 3.8) is 0 Å². The average Bonchev–Trinajstić information content (AvgIpc) is 3.02. The number of carbonyl (C=O) groups excluding carboxylic acids is 1. The molecule has 1 aromatic heterocycles. The second-order valence-corrected chi connectivity index (χ2v) is 7.12. The Kier molecular flexibility index (Phi) is 5.18. The summed E-state index contributed by atoms with van der Waals surface area (Å²) in [5.41, 5.74) is -0.531. The highest BCUT2D eigenvalue weighted by Crippen LogP contribution is 2.35. The normalized spacial score (nSPS) is 16.8. The highest BCUT2D eigenvalue weighted by molar-refractivity contribution is 8.00. The van der Waals surface area contributed by atoms with Gasteiger partial charge in [0, 0.05) is 11.8 Å². The van der Waals surface area contributed by atoms with Gasteiger partial charge in [-0.25, -0.2) is 4.39 Å². The van der Waals surface area contributed by atoms with E-state index in [0.717, 1.165) is 37.0 Å². The van der Waals surface area contributed by atoms with E-state index in [-0.39, 0.29) is 17.5 Å². The summed E-state index contributed by atoms with van der Waals surface area (Å²) in [7, 11) is 0. The van der Waals surface area contributed by atoms with Crippen LogP contribution in [0.3, 0.4) is 0 Å². The van der Waals surface area contributed by atoms with E-state index in [1.54, 1.807) is 19.1 Å². The van der Waals surface area contributed by atoms with E-state index in [1.165, 1.54) is 23.9 Å². The second-order valence-electron chi connectivity index (χ2n) is 6.07. The van der Waals surface area contributed by atoms with Gasteiger partial charge in [0.1, 0.15) is 11.4 Å². The first-order valence-corrected chi connectivity index (χ1v) is 9.06. The first-order chi connectivity index (χ1) is 11.6. The number of aryl methyl sites for hydroxylation is 1. The van der Waals surface area contributed by atoms with Gasteiger partial charge in [0.15, 0.2) is 5.82 Å². The Balaban J connectivity index is 1.66. The molecule has 128 valence electrons. The first-order valence-electron chi connectivity index (χ1n) is 8.08. The van der Waals surface area contributed by atoms with Crippen LogP contribution in [0.25, 0.3) is 0 Å². The van der Waals surface area contributed by atoms with Crippen LogP contribution in [0.1, 0.15) is 43.8 Å². The number of nitrogens with one attached hydrogen (secondary N) is 1. The number of aromatic nitrogens is 2. The van der Waals surface area contributed by atoms with Gasteiger partial charge in [-0.2, -0.15) is 4.98 Å². The molecule has 0 saturated heterocycles. The lowest BCUT2D eigenvalue weighted by Crippen LogP contribution is -2.48. The Morgan fingerprint density at radius 1 is 1.29 bits per heavy atom. The Morgan fingerprint density at radius 3 is 2.62 bits per heavy atom. The zero-order valence-corrected chi connectivity index (χ0v) is 14.4. The second kappa shape index (κ2) is 7.34. The van der Waals surface area contributed by atoms with Gasteiger partial charge >= 0.3 is 0 Å². The Bertz CT molecular complexity index is 696. The number of halogens is 1. The fraction of sp³-hybridized carbons (Fsp3) is 0.471. The number of hydrogen-bond acceptors (Lipinski definition) is 5. The van der Waals surface area contributed by atoms with Gasteiger partial charge in [-0.15, -0.1) is 11.8 Å². The van der Waals surface area contributed by atoms with Gasteiger partial charge < -0.3 is 9.84 Å². The molecule has 0 atom stereocenters. The average molecular weight is 349 g/mol. The molecular formula is C17H20FN3O2S. The van der Waals surface area contributed by atoms with Crippen LogP contribution < -0.4 is 5.32 Å². The van der Waals surface area contributed by atoms with Crippen LogP contribution in [0.2, 0.25) is 0 Å². The van der Waals surface area contributed by atoms with Crippen molar-refractivity contribution in [2.45, 2.75) is 49.5 Å². The van der Waals surface area contributed by atoms with Gasteiger partial charge in [0.05, 0.1) is 5.75 Å². The highest BCUT2D eigenvalue weighted by Gasteiger charge is 2.39. The monoisotopic (exact) mass is 349 g/mol. The van der Waals surface area contributed by atoms with Gasteiger partial charge in [-0.1, -0.05) is 24.4 Å². The Morgan fingerprint density at radius 2 is 2.00 bits per heavy atom. The van der Waals surface area contributed by atoms with Crippen LogP contribution in [0.5, 0.6) is 0 Å². The lowest BCUT2D eigenvalue weighted by Gasteiger charge is -2.35. The van der Waals surface area contributed by atoms with E-state index >= 15 is 0 Å². The fourth-order valence-electron chi connectivity index (χ4n) is 3.04. The molecule has 1 aliphatic carbocycles. The minimum Gasteiger partial charge on any atom is -0.342 e. The van der Waals surface area contributed by atoms with E-state index in [9.17, 15) is 9.18 Å². The number of hydrogen-bond donors (Lipinski definition) is 1. The van der Waals surface area contributed by atoms with Gasteiger partial charge in [0.25, 0.3) is 0 Å². The van der Waals surface area contributed by atoms with Crippen LogP contribution in [-0.4, -0.2) is 21.8 Å². The minimum atomic E-state index is -0.531. The molecule has 1 saturated carbocycles. The van der Waals surface area contributed by atoms with Crippen molar-refractivity contribution < 1.29 is 13.7 Å². The van der Waals surface area contributed by atoms with Crippen LogP contribution in [0.4, 0.5) is 4.39 Å². The fourth-order valence-corrected chi connectivity index (χ4v) is 3.73. The molecular weight excluding hydrogens is 329 g/mol. The maximum Gasteiger partial charge on any atom is 0.231 e. The van der Waals surface area contributed by atoms with Gasteiger partial charge in [-0.3, -0.25) is 4.79 Å². The first kappa shape index (κ1) is 17.0. The van der Waals surface area contributed by atoms with Crippen molar-refractivity contribution in [3.8, 4) is 0 Å². The largest absolute Gasteiger partial charge is 0.342 e. The number of benzene rings is 1. The maximum absolute atomic E-state index is 12.9. The molecule has 1 aromatic carbocycles. The van der Waals surface area contributed by atoms with E-state index in [4.69, 9.17) is 4.52 Å². The molecule has 1 amide bonds. The lowest BCUT2D eigenvalue weighted by molar-refractivity contribution is -0.121. The summed E-state index contributed by atoms with van der Waals surface area (Å²) in [4.78, 5) is 17.7. The molecule has 0 radical (unpaired) electrons. The number of amides is 1. The summed E-state index contributed by atoms with van der Waals surface area (Å²) in [6.45, 7) is 1.75. The molecule has 1 aliphatic rings. The van der Waals surface area contributed by atoms with Crippen LogP contribution in [-0.2, 0) is 10.3 Å².